The second-order valence-electron chi connectivity index (χ2n) is 13.1. The van der Waals surface area contributed by atoms with Crippen LogP contribution in [0.25, 0.3) is 76.2 Å². The van der Waals surface area contributed by atoms with Crippen LogP contribution in [0.1, 0.15) is 33.4 Å². The molecule has 2 aliphatic rings. The zero-order valence-corrected chi connectivity index (χ0v) is 26.2. The zero-order chi connectivity index (χ0) is 31.3. The minimum Gasteiger partial charge on any atom is -0.0616 e. The molecule has 0 aliphatic heterocycles. The fourth-order valence-corrected chi connectivity index (χ4v) is 8.78. The summed E-state index contributed by atoms with van der Waals surface area (Å²) < 4.78 is 0. The summed E-state index contributed by atoms with van der Waals surface area (Å²) >= 11 is 0. The Hall–Kier alpha value is -6.24. The van der Waals surface area contributed by atoms with Crippen LogP contribution in [0.3, 0.4) is 0 Å². The van der Waals surface area contributed by atoms with E-state index in [2.05, 4.69) is 170 Å². The summed E-state index contributed by atoms with van der Waals surface area (Å²) in [5.41, 5.74) is 13.3. The van der Waals surface area contributed by atoms with E-state index in [9.17, 15) is 0 Å². The van der Waals surface area contributed by atoms with Gasteiger partial charge in [-0.2, -0.15) is 0 Å². The van der Waals surface area contributed by atoms with Crippen molar-refractivity contribution in [2.24, 2.45) is 0 Å². The first-order valence-electron chi connectivity index (χ1n) is 16.8. The second-order valence-corrected chi connectivity index (χ2v) is 13.1. The van der Waals surface area contributed by atoms with Crippen molar-refractivity contribution in [3.63, 3.8) is 0 Å². The Bertz CT molecular complexity index is 2930. The molecule has 0 N–H and O–H groups in total. The molecule has 0 aromatic heterocycles. The highest BCUT2D eigenvalue weighted by Crippen LogP contribution is 2.62. The predicted molar refractivity (Wildman–Crippen MR) is 205 cm³/mol. The largest absolute Gasteiger partial charge is 0.0616 e. The third-order valence-electron chi connectivity index (χ3n) is 10.7. The molecule has 48 heavy (non-hydrogen) atoms. The number of allylic oxidation sites excluding steroid dienone is 2. The second kappa shape index (κ2) is 9.64. The van der Waals surface area contributed by atoms with Gasteiger partial charge in [-0.25, -0.2) is 0 Å². The first kappa shape index (κ1) is 25.9. The van der Waals surface area contributed by atoms with Crippen molar-refractivity contribution in [1.82, 2.24) is 0 Å². The van der Waals surface area contributed by atoms with Gasteiger partial charge in [0.15, 0.2) is 0 Å². The summed E-state index contributed by atoms with van der Waals surface area (Å²) in [5.74, 6) is 0. The van der Waals surface area contributed by atoms with Crippen molar-refractivity contribution in [3.05, 3.63) is 203 Å². The van der Waals surface area contributed by atoms with Gasteiger partial charge in [0.2, 0.25) is 0 Å². The molecule has 0 heteroatoms. The normalized spacial score (nSPS) is 13.7. The van der Waals surface area contributed by atoms with Crippen molar-refractivity contribution in [1.29, 1.82) is 0 Å². The molecule has 220 valence electrons. The van der Waals surface area contributed by atoms with Crippen LogP contribution in [0, 0.1) is 0 Å². The Morgan fingerprint density at radius 3 is 1.27 bits per heavy atom. The van der Waals surface area contributed by atoms with Crippen LogP contribution in [0.15, 0.2) is 170 Å². The summed E-state index contributed by atoms with van der Waals surface area (Å²) in [6.07, 6.45) is 0. The molecule has 0 unspecified atom stereocenters. The Morgan fingerprint density at radius 1 is 0.208 bits per heavy atom. The lowest BCUT2D eigenvalue weighted by Gasteiger charge is -2.17. The Balaban J connectivity index is 1.41. The van der Waals surface area contributed by atoms with Crippen LogP contribution in [-0.2, 0) is 0 Å². The molecule has 0 saturated carbocycles. The molecule has 0 amide bonds. The molecule has 0 nitrogen and oxygen atoms in total. The minimum atomic E-state index is 1.26. The van der Waals surface area contributed by atoms with Crippen molar-refractivity contribution in [2.75, 3.05) is 0 Å². The molecule has 2 aliphatic carbocycles. The topological polar surface area (TPSA) is 0 Å². The van der Waals surface area contributed by atoms with Crippen molar-refractivity contribution >= 4 is 76.2 Å². The first-order chi connectivity index (χ1) is 23.8. The predicted octanol–water partition coefficient (Wildman–Crippen LogP) is 12.7. The fraction of sp³-hybridized carbons (Fsp3) is 0. The molecule has 0 radical (unpaired) electrons. The van der Waals surface area contributed by atoms with Gasteiger partial charge in [-0.05, 0) is 116 Å². The lowest BCUT2D eigenvalue weighted by atomic mass is 9.85. The average molecular weight is 605 g/mol. The standard InChI is InChI=1S/C48H28/c1-5-17-33-29(12-1)16-11-23-39(33)45-40-26-24-30-13-2-7-19-35(30)43(40)48-46(41-27-25-31-14-3-8-20-36(31)44(41)47(45)48)42-28-32-15-4-6-18-34(32)37-21-9-10-22-38(37)42/h1-28H. The molecule has 0 atom stereocenters. The highest BCUT2D eigenvalue weighted by Gasteiger charge is 2.40. The highest BCUT2D eigenvalue weighted by atomic mass is 14.4. The quantitative estimate of drug-likeness (QED) is 0.172. The molecule has 0 heterocycles. The van der Waals surface area contributed by atoms with E-state index in [4.69, 9.17) is 0 Å². The molecule has 0 saturated heterocycles. The lowest BCUT2D eigenvalue weighted by Crippen LogP contribution is -1.96. The molecule has 11 rings (SSSR count). The minimum absolute atomic E-state index is 1.26. The van der Waals surface area contributed by atoms with Gasteiger partial charge in [-0.3, -0.25) is 0 Å². The first-order valence-corrected chi connectivity index (χ1v) is 16.8. The third kappa shape index (κ3) is 3.39. The number of benzene rings is 9. The van der Waals surface area contributed by atoms with Crippen LogP contribution in [0.2, 0.25) is 0 Å². The smallest absolute Gasteiger partial charge is 0.0000929 e. The van der Waals surface area contributed by atoms with E-state index < -0.39 is 0 Å². The van der Waals surface area contributed by atoms with Gasteiger partial charge in [-0.1, -0.05) is 164 Å². The van der Waals surface area contributed by atoms with Crippen molar-refractivity contribution in [3.8, 4) is 0 Å². The Labute approximate surface area is 278 Å². The van der Waals surface area contributed by atoms with E-state index in [1.165, 1.54) is 110 Å². The highest BCUT2D eigenvalue weighted by molar-refractivity contribution is 6.41. The van der Waals surface area contributed by atoms with E-state index in [0.29, 0.717) is 0 Å². The van der Waals surface area contributed by atoms with Crippen LogP contribution in [-0.4, -0.2) is 0 Å². The maximum absolute atomic E-state index is 2.45. The SMILES string of the molecule is c1ccc2c(C3=C4C(=C(c5cc6ccccc6c6ccccc56)c5ccc6ccccc6c54)c4c3ccc3ccccc43)cccc2c1. The number of fused-ring (bicyclic) bond motifs is 13. The van der Waals surface area contributed by atoms with E-state index in [1.54, 1.807) is 0 Å². The molecule has 0 spiro atoms. The van der Waals surface area contributed by atoms with Crippen LogP contribution < -0.4 is 0 Å². The summed E-state index contributed by atoms with van der Waals surface area (Å²) in [4.78, 5) is 0. The summed E-state index contributed by atoms with van der Waals surface area (Å²) in [5, 5.41) is 12.8. The molecule has 0 fully saturated rings. The van der Waals surface area contributed by atoms with E-state index in [1.807, 2.05) is 0 Å². The van der Waals surface area contributed by atoms with Gasteiger partial charge in [0.25, 0.3) is 0 Å². The molecular weight excluding hydrogens is 577 g/mol. The van der Waals surface area contributed by atoms with Crippen molar-refractivity contribution in [2.45, 2.75) is 0 Å². The summed E-state index contributed by atoms with van der Waals surface area (Å²) in [6, 6.07) is 63.2. The molecule has 9 aromatic carbocycles. The van der Waals surface area contributed by atoms with Crippen LogP contribution in [0.5, 0.6) is 0 Å². The van der Waals surface area contributed by atoms with Gasteiger partial charge in [-0.15, -0.1) is 0 Å². The summed E-state index contributed by atoms with van der Waals surface area (Å²) in [7, 11) is 0. The van der Waals surface area contributed by atoms with Crippen molar-refractivity contribution < 1.29 is 0 Å². The Morgan fingerprint density at radius 2 is 0.646 bits per heavy atom. The molecular formula is C48H28. The van der Waals surface area contributed by atoms with Crippen LogP contribution >= 0.6 is 0 Å². The van der Waals surface area contributed by atoms with E-state index >= 15 is 0 Å². The summed E-state index contributed by atoms with van der Waals surface area (Å²) in [6.45, 7) is 0. The number of hydrogen-bond acceptors (Lipinski definition) is 0. The van der Waals surface area contributed by atoms with Gasteiger partial charge >= 0.3 is 0 Å². The number of rotatable bonds is 2. The monoisotopic (exact) mass is 604 g/mol. The zero-order valence-electron chi connectivity index (χ0n) is 26.2. The average Bonchev–Trinajstić information content (AvgIpc) is 3.67. The lowest BCUT2D eigenvalue weighted by molar-refractivity contribution is 1.58. The van der Waals surface area contributed by atoms with Gasteiger partial charge in [0, 0.05) is 0 Å². The maximum atomic E-state index is 2.45. The number of hydrogen-bond donors (Lipinski definition) is 0. The van der Waals surface area contributed by atoms with Gasteiger partial charge in [0.1, 0.15) is 0 Å². The van der Waals surface area contributed by atoms with Gasteiger partial charge < -0.3 is 0 Å². The third-order valence-corrected chi connectivity index (χ3v) is 10.7. The van der Waals surface area contributed by atoms with E-state index in [0.717, 1.165) is 0 Å². The maximum Gasteiger partial charge on any atom is -0.0000929 e. The van der Waals surface area contributed by atoms with Gasteiger partial charge in [0.05, 0.1) is 0 Å². The molecule has 0 bridgehead atoms. The molecule has 9 aromatic rings. The fourth-order valence-electron chi connectivity index (χ4n) is 8.78. The van der Waals surface area contributed by atoms with Crippen LogP contribution in [0.4, 0.5) is 0 Å². The van der Waals surface area contributed by atoms with E-state index in [-0.39, 0.29) is 0 Å². The Kier molecular flexibility index (Phi) is 5.20.